The normalized spacial score (nSPS) is 18.0. The second kappa shape index (κ2) is 3.96. The highest BCUT2D eigenvalue weighted by Crippen LogP contribution is 2.20. The molecule has 0 bridgehead atoms. The van der Waals surface area contributed by atoms with Crippen LogP contribution in [0.4, 0.5) is 4.39 Å². The maximum Gasteiger partial charge on any atom is 0.126 e. The molecule has 0 aromatic carbocycles. The summed E-state index contributed by atoms with van der Waals surface area (Å²) >= 11 is 0. The van der Waals surface area contributed by atoms with Crippen molar-refractivity contribution in [1.29, 1.82) is 0 Å². The first kappa shape index (κ1) is 8.05. The summed E-state index contributed by atoms with van der Waals surface area (Å²) in [5.41, 5.74) is 0.623. The lowest BCUT2D eigenvalue weighted by atomic mass is 10.1. The van der Waals surface area contributed by atoms with Crippen molar-refractivity contribution < 1.29 is 9.13 Å². The molecular formula is C9H11FO. The highest BCUT2D eigenvalue weighted by Gasteiger charge is 2.03. The third-order valence-corrected chi connectivity index (χ3v) is 1.51. The van der Waals surface area contributed by atoms with Gasteiger partial charge in [0.25, 0.3) is 0 Å². The van der Waals surface area contributed by atoms with E-state index in [2.05, 4.69) is 4.74 Å². The Morgan fingerprint density at radius 3 is 2.82 bits per heavy atom. The Hall–Kier alpha value is -1.05. The van der Waals surface area contributed by atoms with Gasteiger partial charge in [0.05, 0.1) is 13.4 Å². The monoisotopic (exact) mass is 154 g/mol. The minimum Gasteiger partial charge on any atom is -0.504 e. The number of allylic oxidation sites excluding steroid dienone is 5. The molecule has 0 heterocycles. The van der Waals surface area contributed by atoms with E-state index in [1.807, 2.05) is 6.08 Å². The van der Waals surface area contributed by atoms with Gasteiger partial charge in [0.1, 0.15) is 5.83 Å². The molecule has 0 atom stereocenters. The molecule has 1 nitrogen and oxygen atoms in total. The van der Waals surface area contributed by atoms with Crippen molar-refractivity contribution in [2.24, 2.45) is 0 Å². The van der Waals surface area contributed by atoms with E-state index in [4.69, 9.17) is 0 Å². The first-order valence-electron chi connectivity index (χ1n) is 3.60. The molecule has 60 valence electrons. The molecule has 0 unspecified atom stereocenters. The zero-order chi connectivity index (χ0) is 8.10. The minimum absolute atomic E-state index is 0.149. The minimum atomic E-state index is -0.149. The summed E-state index contributed by atoms with van der Waals surface area (Å²) in [7, 11) is 1.54. The molecule has 11 heavy (non-hydrogen) atoms. The standard InChI is InChI=1S/C9H11FO/c1-11-7-6-8-4-2-3-5-9(8)10/h4-7H,2-3H2,1H3/b7-6+. The number of hydrogen-bond acceptors (Lipinski definition) is 1. The van der Waals surface area contributed by atoms with E-state index in [0.29, 0.717) is 5.57 Å². The molecule has 2 heteroatoms. The van der Waals surface area contributed by atoms with Crippen LogP contribution in [0.5, 0.6) is 0 Å². The smallest absolute Gasteiger partial charge is 0.126 e. The predicted octanol–water partition coefficient (Wildman–Crippen LogP) is 2.72. The van der Waals surface area contributed by atoms with E-state index in [1.165, 1.54) is 6.26 Å². The summed E-state index contributed by atoms with van der Waals surface area (Å²) in [5, 5.41) is 0. The average molecular weight is 154 g/mol. The van der Waals surface area contributed by atoms with Crippen LogP contribution in [0.2, 0.25) is 0 Å². The van der Waals surface area contributed by atoms with Crippen LogP contribution < -0.4 is 0 Å². The summed E-state index contributed by atoms with van der Waals surface area (Å²) in [6.07, 6.45) is 8.28. The van der Waals surface area contributed by atoms with Crippen LogP contribution in [0.3, 0.4) is 0 Å². The van der Waals surface area contributed by atoms with Gasteiger partial charge in [0.2, 0.25) is 0 Å². The number of rotatable bonds is 2. The lowest BCUT2D eigenvalue weighted by molar-refractivity contribution is 0.337. The molecule has 0 aromatic heterocycles. The second-order valence-corrected chi connectivity index (χ2v) is 2.33. The third kappa shape index (κ3) is 2.22. The largest absolute Gasteiger partial charge is 0.504 e. The van der Waals surface area contributed by atoms with E-state index in [9.17, 15) is 4.39 Å². The Labute approximate surface area is 65.9 Å². The fourth-order valence-electron chi connectivity index (χ4n) is 0.953. The maximum atomic E-state index is 12.9. The van der Waals surface area contributed by atoms with E-state index < -0.39 is 0 Å². The fraction of sp³-hybridized carbons (Fsp3) is 0.333. The number of ether oxygens (including phenoxy) is 1. The summed E-state index contributed by atoms with van der Waals surface area (Å²) in [4.78, 5) is 0. The maximum absolute atomic E-state index is 12.9. The topological polar surface area (TPSA) is 9.23 Å². The molecule has 0 aliphatic heterocycles. The van der Waals surface area contributed by atoms with Gasteiger partial charge in [-0.1, -0.05) is 6.08 Å². The SMILES string of the molecule is CO/C=C/C1=CCCC=C1F. The highest BCUT2D eigenvalue weighted by molar-refractivity contribution is 5.36. The molecule has 0 saturated heterocycles. The van der Waals surface area contributed by atoms with Crippen molar-refractivity contribution >= 4 is 0 Å². The molecule has 0 radical (unpaired) electrons. The quantitative estimate of drug-likeness (QED) is 0.555. The first-order chi connectivity index (χ1) is 5.34. The van der Waals surface area contributed by atoms with Crippen LogP contribution in [0.15, 0.2) is 35.9 Å². The molecule has 0 fully saturated rings. The Morgan fingerprint density at radius 2 is 2.18 bits per heavy atom. The Morgan fingerprint density at radius 1 is 1.45 bits per heavy atom. The molecular weight excluding hydrogens is 143 g/mol. The van der Waals surface area contributed by atoms with Gasteiger partial charge in [-0.05, 0) is 25.0 Å². The molecule has 0 saturated carbocycles. The molecule has 0 spiro atoms. The van der Waals surface area contributed by atoms with Crippen LogP contribution in [-0.2, 0) is 4.74 Å². The van der Waals surface area contributed by atoms with Crippen molar-refractivity contribution in [2.45, 2.75) is 12.8 Å². The highest BCUT2D eigenvalue weighted by atomic mass is 19.1. The summed E-state index contributed by atoms with van der Waals surface area (Å²) in [6.45, 7) is 0. The predicted molar refractivity (Wildman–Crippen MR) is 42.7 cm³/mol. The summed E-state index contributed by atoms with van der Waals surface area (Å²) in [6, 6.07) is 0. The average Bonchev–Trinajstić information content (AvgIpc) is 2.03. The summed E-state index contributed by atoms with van der Waals surface area (Å²) < 4.78 is 17.5. The van der Waals surface area contributed by atoms with Gasteiger partial charge in [0, 0.05) is 5.57 Å². The van der Waals surface area contributed by atoms with Crippen LogP contribution >= 0.6 is 0 Å². The van der Waals surface area contributed by atoms with Gasteiger partial charge in [-0.15, -0.1) is 0 Å². The van der Waals surface area contributed by atoms with Gasteiger partial charge >= 0.3 is 0 Å². The summed E-state index contributed by atoms with van der Waals surface area (Å²) in [5.74, 6) is -0.149. The number of hydrogen-bond donors (Lipinski definition) is 0. The Kier molecular flexibility index (Phi) is 2.90. The van der Waals surface area contributed by atoms with Gasteiger partial charge in [-0.25, -0.2) is 4.39 Å². The van der Waals surface area contributed by atoms with Crippen LogP contribution in [0, 0.1) is 0 Å². The van der Waals surface area contributed by atoms with Gasteiger partial charge in [0.15, 0.2) is 0 Å². The van der Waals surface area contributed by atoms with Gasteiger partial charge in [-0.2, -0.15) is 0 Å². The molecule has 0 N–H and O–H groups in total. The van der Waals surface area contributed by atoms with E-state index in [1.54, 1.807) is 19.3 Å². The first-order valence-corrected chi connectivity index (χ1v) is 3.60. The fourth-order valence-corrected chi connectivity index (χ4v) is 0.953. The zero-order valence-electron chi connectivity index (χ0n) is 6.51. The number of methoxy groups -OCH3 is 1. The second-order valence-electron chi connectivity index (χ2n) is 2.33. The van der Waals surface area contributed by atoms with Crippen LogP contribution in [-0.4, -0.2) is 7.11 Å². The lowest BCUT2D eigenvalue weighted by Crippen LogP contribution is -1.86. The molecule has 0 amide bonds. The van der Waals surface area contributed by atoms with E-state index in [0.717, 1.165) is 12.8 Å². The van der Waals surface area contributed by atoms with Crippen molar-refractivity contribution in [3.05, 3.63) is 35.9 Å². The zero-order valence-corrected chi connectivity index (χ0v) is 6.51. The molecule has 1 aliphatic carbocycles. The lowest BCUT2D eigenvalue weighted by Gasteiger charge is -2.03. The van der Waals surface area contributed by atoms with Gasteiger partial charge < -0.3 is 4.74 Å². The van der Waals surface area contributed by atoms with E-state index >= 15 is 0 Å². The van der Waals surface area contributed by atoms with Crippen molar-refractivity contribution in [3.8, 4) is 0 Å². The van der Waals surface area contributed by atoms with Crippen molar-refractivity contribution in [1.82, 2.24) is 0 Å². The van der Waals surface area contributed by atoms with Crippen LogP contribution in [0.1, 0.15) is 12.8 Å². The number of halogens is 1. The van der Waals surface area contributed by atoms with Gasteiger partial charge in [-0.3, -0.25) is 0 Å². The third-order valence-electron chi connectivity index (χ3n) is 1.51. The Balaban J connectivity index is 2.63. The molecule has 1 rings (SSSR count). The van der Waals surface area contributed by atoms with Crippen LogP contribution in [0.25, 0.3) is 0 Å². The molecule has 1 aliphatic rings. The van der Waals surface area contributed by atoms with Crippen molar-refractivity contribution in [3.63, 3.8) is 0 Å². The van der Waals surface area contributed by atoms with Crippen molar-refractivity contribution in [2.75, 3.05) is 7.11 Å². The van der Waals surface area contributed by atoms with E-state index in [-0.39, 0.29) is 5.83 Å². The molecule has 0 aromatic rings. The Bertz CT molecular complexity index is 214.